The molecule has 1 atom stereocenters. The molecule has 7 heteroatoms. The fourth-order valence-corrected chi connectivity index (χ4v) is 4.19. The van der Waals surface area contributed by atoms with Crippen LogP contribution in [-0.4, -0.2) is 44.7 Å². The number of benzene rings is 1. The van der Waals surface area contributed by atoms with Gasteiger partial charge in [-0.2, -0.15) is 5.26 Å². The molecule has 0 spiro atoms. The van der Waals surface area contributed by atoms with Gasteiger partial charge in [-0.25, -0.2) is 4.98 Å². The summed E-state index contributed by atoms with van der Waals surface area (Å²) >= 11 is 0. The van der Waals surface area contributed by atoms with Gasteiger partial charge in [-0.1, -0.05) is 5.16 Å². The van der Waals surface area contributed by atoms with Gasteiger partial charge in [0, 0.05) is 24.0 Å². The van der Waals surface area contributed by atoms with E-state index in [1.165, 1.54) is 0 Å². The molecule has 0 aliphatic carbocycles. The maximum absolute atomic E-state index is 9.37. The van der Waals surface area contributed by atoms with Gasteiger partial charge in [0.05, 0.1) is 41.0 Å². The van der Waals surface area contributed by atoms with Crippen molar-refractivity contribution in [1.29, 1.82) is 5.26 Å². The Morgan fingerprint density at radius 1 is 1.29 bits per heavy atom. The van der Waals surface area contributed by atoms with Crippen LogP contribution in [0, 0.1) is 18.3 Å². The van der Waals surface area contributed by atoms with E-state index < -0.39 is 0 Å². The molecular formula is C21H20N6O. The van der Waals surface area contributed by atoms with Gasteiger partial charge in [0.25, 0.3) is 0 Å². The van der Waals surface area contributed by atoms with E-state index in [9.17, 15) is 5.26 Å². The lowest BCUT2D eigenvalue weighted by Gasteiger charge is -2.17. The summed E-state index contributed by atoms with van der Waals surface area (Å²) < 4.78 is 7.79. The molecule has 4 heterocycles. The average Bonchev–Trinajstić information content (AvgIpc) is 3.39. The third kappa shape index (κ3) is 2.74. The van der Waals surface area contributed by atoms with E-state index >= 15 is 0 Å². The van der Waals surface area contributed by atoms with Gasteiger partial charge in [0.2, 0.25) is 0 Å². The second kappa shape index (κ2) is 6.43. The number of likely N-dealkylation sites (N-methyl/N-ethyl adjacent to an activating group) is 1. The van der Waals surface area contributed by atoms with Crippen molar-refractivity contribution in [3.8, 4) is 6.07 Å². The number of aromatic nitrogens is 4. The Balaban J connectivity index is 1.76. The molecule has 5 rings (SSSR count). The number of hydrogen-bond donors (Lipinski definition) is 0. The Labute approximate surface area is 162 Å². The molecule has 1 saturated heterocycles. The van der Waals surface area contributed by atoms with Crippen LogP contribution in [0.15, 0.2) is 35.0 Å². The van der Waals surface area contributed by atoms with Crippen LogP contribution in [-0.2, 0) is 6.42 Å². The van der Waals surface area contributed by atoms with Crippen LogP contribution >= 0.6 is 0 Å². The van der Waals surface area contributed by atoms with Crippen LogP contribution in [0.3, 0.4) is 0 Å². The number of pyridine rings is 1. The first kappa shape index (κ1) is 16.9. The highest BCUT2D eigenvalue weighted by Gasteiger charge is 2.27. The van der Waals surface area contributed by atoms with Crippen LogP contribution in [0.25, 0.3) is 21.9 Å². The molecular weight excluding hydrogens is 352 g/mol. The second-order valence-electron chi connectivity index (χ2n) is 7.55. The monoisotopic (exact) mass is 372 g/mol. The van der Waals surface area contributed by atoms with Gasteiger partial charge in [0.15, 0.2) is 0 Å². The van der Waals surface area contributed by atoms with Gasteiger partial charge in [-0.05, 0) is 45.1 Å². The molecule has 28 heavy (non-hydrogen) atoms. The Morgan fingerprint density at radius 3 is 2.89 bits per heavy atom. The lowest BCUT2D eigenvalue weighted by molar-refractivity contribution is 0.376. The van der Waals surface area contributed by atoms with Crippen molar-refractivity contribution < 1.29 is 4.52 Å². The van der Waals surface area contributed by atoms with E-state index in [1.54, 1.807) is 0 Å². The van der Waals surface area contributed by atoms with Gasteiger partial charge in [-0.15, -0.1) is 0 Å². The minimum absolute atomic E-state index is 0.324. The molecule has 0 radical (unpaired) electrons. The van der Waals surface area contributed by atoms with E-state index in [0.717, 1.165) is 58.7 Å². The summed E-state index contributed by atoms with van der Waals surface area (Å²) in [6, 6.07) is 10.2. The van der Waals surface area contributed by atoms with Crippen molar-refractivity contribution in [2.45, 2.75) is 25.8 Å². The third-order valence-corrected chi connectivity index (χ3v) is 5.46. The Hall–Kier alpha value is -3.24. The molecule has 0 amide bonds. The average molecular weight is 372 g/mol. The molecule has 0 unspecified atom stereocenters. The zero-order valence-corrected chi connectivity index (χ0v) is 15.9. The summed E-state index contributed by atoms with van der Waals surface area (Å²) in [4.78, 5) is 11.8. The summed E-state index contributed by atoms with van der Waals surface area (Å²) in [7, 11) is 2.14. The van der Waals surface area contributed by atoms with E-state index in [1.807, 2.05) is 37.4 Å². The fraction of sp³-hybridized carbons (Fsp3) is 0.333. The maximum atomic E-state index is 9.37. The SMILES string of the molecule is Cc1cc(Cc2nc3cnc4ccc(C#N)cc4c3n2[C@@H]2CCN(C)C2)on1. The van der Waals surface area contributed by atoms with Crippen LogP contribution in [0.1, 0.15) is 35.3 Å². The van der Waals surface area contributed by atoms with Crippen LogP contribution in [0.4, 0.5) is 0 Å². The molecule has 0 saturated carbocycles. The summed E-state index contributed by atoms with van der Waals surface area (Å²) in [5.74, 6) is 1.75. The number of nitrogens with zero attached hydrogens (tertiary/aromatic N) is 6. The lowest BCUT2D eigenvalue weighted by Crippen LogP contribution is -2.18. The summed E-state index contributed by atoms with van der Waals surface area (Å²) in [5.41, 5.74) is 4.27. The largest absolute Gasteiger partial charge is 0.361 e. The van der Waals surface area contributed by atoms with Crippen LogP contribution in [0.2, 0.25) is 0 Å². The third-order valence-electron chi connectivity index (χ3n) is 5.46. The Kier molecular flexibility index (Phi) is 3.88. The molecule has 4 aromatic rings. The first-order valence-corrected chi connectivity index (χ1v) is 9.43. The van der Waals surface area contributed by atoms with Gasteiger partial charge < -0.3 is 14.0 Å². The summed E-state index contributed by atoms with van der Waals surface area (Å²) in [6.45, 7) is 3.94. The van der Waals surface area contributed by atoms with Gasteiger partial charge in [-0.3, -0.25) is 4.98 Å². The van der Waals surface area contributed by atoms with Crippen molar-refractivity contribution in [2.24, 2.45) is 0 Å². The Morgan fingerprint density at radius 2 is 2.18 bits per heavy atom. The number of imidazole rings is 1. The van der Waals surface area contributed by atoms with Crippen molar-refractivity contribution >= 4 is 21.9 Å². The minimum Gasteiger partial charge on any atom is -0.361 e. The number of rotatable bonds is 3. The fourth-order valence-electron chi connectivity index (χ4n) is 4.19. The van der Waals surface area contributed by atoms with Crippen molar-refractivity contribution in [3.05, 3.63) is 53.3 Å². The highest BCUT2D eigenvalue weighted by molar-refractivity contribution is 6.02. The molecule has 1 aromatic carbocycles. The predicted octanol–water partition coefficient (Wildman–Crippen LogP) is 3.22. The maximum Gasteiger partial charge on any atom is 0.144 e. The number of likely N-dealkylation sites (tertiary alicyclic amines) is 1. The van der Waals surface area contributed by atoms with Crippen LogP contribution in [0.5, 0.6) is 0 Å². The van der Waals surface area contributed by atoms with Crippen molar-refractivity contribution in [2.75, 3.05) is 20.1 Å². The van der Waals surface area contributed by atoms with E-state index in [2.05, 4.69) is 32.7 Å². The molecule has 7 nitrogen and oxygen atoms in total. The normalized spacial score (nSPS) is 17.5. The molecule has 3 aromatic heterocycles. The molecule has 0 bridgehead atoms. The minimum atomic E-state index is 0.324. The molecule has 140 valence electrons. The second-order valence-corrected chi connectivity index (χ2v) is 7.55. The quantitative estimate of drug-likeness (QED) is 0.549. The highest BCUT2D eigenvalue weighted by atomic mass is 16.5. The smallest absolute Gasteiger partial charge is 0.144 e. The number of nitriles is 1. The highest BCUT2D eigenvalue weighted by Crippen LogP contribution is 2.32. The zero-order valence-electron chi connectivity index (χ0n) is 15.9. The number of hydrogen-bond acceptors (Lipinski definition) is 6. The van der Waals surface area contributed by atoms with Crippen LogP contribution < -0.4 is 0 Å². The molecule has 1 aliphatic rings. The van der Waals surface area contributed by atoms with Gasteiger partial charge >= 0.3 is 0 Å². The van der Waals surface area contributed by atoms with E-state index in [-0.39, 0.29) is 0 Å². The lowest BCUT2D eigenvalue weighted by atomic mass is 10.1. The van der Waals surface area contributed by atoms with Crippen molar-refractivity contribution in [1.82, 2.24) is 24.6 Å². The Bertz CT molecular complexity index is 1230. The standard InChI is InChI=1S/C21H20N6O/c1-13-7-16(28-25-13)9-20-24-19-11-23-18-4-3-14(10-22)8-17(18)21(19)27(20)15-5-6-26(2)12-15/h3-4,7-8,11,15H,5-6,9,12H2,1-2H3/t15-/m1/s1. The first-order valence-electron chi connectivity index (χ1n) is 9.43. The number of fused-ring (bicyclic) bond motifs is 3. The molecule has 0 N–H and O–H groups in total. The zero-order chi connectivity index (χ0) is 19.3. The van der Waals surface area contributed by atoms with Crippen molar-refractivity contribution in [3.63, 3.8) is 0 Å². The number of aryl methyl sites for hydroxylation is 1. The topological polar surface area (TPSA) is 83.8 Å². The molecule has 1 fully saturated rings. The summed E-state index contributed by atoms with van der Waals surface area (Å²) in [6.07, 6.45) is 3.47. The van der Waals surface area contributed by atoms with E-state index in [4.69, 9.17) is 9.51 Å². The molecule has 1 aliphatic heterocycles. The first-order chi connectivity index (χ1) is 13.6. The summed E-state index contributed by atoms with van der Waals surface area (Å²) in [5, 5.41) is 14.3. The predicted molar refractivity (Wildman–Crippen MR) is 105 cm³/mol. The van der Waals surface area contributed by atoms with Gasteiger partial charge in [0.1, 0.15) is 17.1 Å². The van der Waals surface area contributed by atoms with E-state index in [0.29, 0.717) is 18.0 Å².